The molecule has 162 valence electrons. The summed E-state index contributed by atoms with van der Waals surface area (Å²) >= 11 is 0. The number of rotatable bonds is 8. The Bertz CT molecular complexity index is 490. The quantitative estimate of drug-likeness (QED) is 0.621. The molecule has 3 atom stereocenters. The van der Waals surface area contributed by atoms with Crippen LogP contribution in [-0.2, 0) is 9.59 Å². The Morgan fingerprint density at radius 2 is 1.57 bits per heavy atom. The van der Waals surface area contributed by atoms with Gasteiger partial charge >= 0.3 is 0 Å². The molecule has 0 aromatic heterocycles. The molecule has 1 saturated heterocycles. The first-order valence-electron chi connectivity index (χ1n) is 11.6. The van der Waals surface area contributed by atoms with E-state index in [0.29, 0.717) is 6.54 Å². The molecule has 0 radical (unpaired) electrons. The highest BCUT2D eigenvalue weighted by atomic mass is 16.2. The summed E-state index contributed by atoms with van der Waals surface area (Å²) in [6, 6.07) is -0.429. The van der Waals surface area contributed by atoms with Crippen molar-refractivity contribution in [3.63, 3.8) is 0 Å². The number of nitrogens with one attached hydrogen (secondary N) is 2. The fraction of sp³-hybridized carbons (Fsp3) is 0.913. The Morgan fingerprint density at radius 1 is 0.964 bits per heavy atom. The van der Waals surface area contributed by atoms with Gasteiger partial charge in [0.1, 0.15) is 6.04 Å². The molecule has 28 heavy (non-hydrogen) atoms. The Labute approximate surface area is 172 Å². The third-order valence-electron chi connectivity index (χ3n) is 6.53. The minimum absolute atomic E-state index is 0.0343. The Hall–Kier alpha value is -1.10. The molecule has 1 heterocycles. The Kier molecular flexibility index (Phi) is 9.26. The van der Waals surface area contributed by atoms with Gasteiger partial charge in [0, 0.05) is 25.6 Å². The van der Waals surface area contributed by atoms with Crippen LogP contribution in [-0.4, -0.2) is 48.9 Å². The van der Waals surface area contributed by atoms with Gasteiger partial charge in [-0.2, -0.15) is 0 Å². The molecule has 0 unspecified atom stereocenters. The number of piperidine rings is 1. The van der Waals surface area contributed by atoms with Gasteiger partial charge in [0.25, 0.3) is 0 Å². The summed E-state index contributed by atoms with van der Waals surface area (Å²) < 4.78 is 0. The van der Waals surface area contributed by atoms with Crippen LogP contribution >= 0.6 is 0 Å². The van der Waals surface area contributed by atoms with Gasteiger partial charge in [-0.1, -0.05) is 34.6 Å². The van der Waals surface area contributed by atoms with E-state index in [0.717, 1.165) is 56.4 Å². The molecule has 2 aliphatic rings. The Balaban J connectivity index is 1.72. The molecule has 0 spiro atoms. The van der Waals surface area contributed by atoms with E-state index >= 15 is 0 Å². The van der Waals surface area contributed by atoms with E-state index in [9.17, 15) is 9.59 Å². The third-order valence-corrected chi connectivity index (χ3v) is 6.53. The lowest BCUT2D eigenvalue weighted by molar-refractivity contribution is -0.132. The van der Waals surface area contributed by atoms with Crippen LogP contribution < -0.4 is 10.6 Å². The van der Waals surface area contributed by atoms with Gasteiger partial charge in [-0.15, -0.1) is 0 Å². The van der Waals surface area contributed by atoms with Crippen molar-refractivity contribution in [2.45, 2.75) is 79.2 Å². The smallest absolute Gasteiger partial charge is 0.242 e. The molecule has 0 bridgehead atoms. The molecule has 5 heteroatoms. The van der Waals surface area contributed by atoms with E-state index in [1.165, 1.54) is 19.5 Å². The van der Waals surface area contributed by atoms with E-state index in [-0.39, 0.29) is 23.7 Å². The summed E-state index contributed by atoms with van der Waals surface area (Å²) in [6.07, 6.45) is 6.42. The zero-order valence-corrected chi connectivity index (χ0v) is 18.8. The van der Waals surface area contributed by atoms with Gasteiger partial charge in [-0.05, 0) is 68.7 Å². The summed E-state index contributed by atoms with van der Waals surface area (Å²) in [7, 11) is 0. The fourth-order valence-electron chi connectivity index (χ4n) is 4.93. The number of nitrogens with zero attached hydrogens (tertiary/aromatic N) is 1. The largest absolute Gasteiger partial charge is 0.354 e. The van der Waals surface area contributed by atoms with Gasteiger partial charge in [-0.25, -0.2) is 0 Å². The molecular weight excluding hydrogens is 350 g/mol. The van der Waals surface area contributed by atoms with Gasteiger partial charge in [0.15, 0.2) is 0 Å². The van der Waals surface area contributed by atoms with Crippen molar-refractivity contribution in [3.8, 4) is 0 Å². The third kappa shape index (κ3) is 7.38. The van der Waals surface area contributed by atoms with Crippen LogP contribution in [0.4, 0.5) is 0 Å². The molecule has 1 aliphatic carbocycles. The SMILES string of the molecule is CC1CCC(C(=O)N[C@H](C(=O)NCCCN2C[C@H](C)C[C@H](C)C2)C(C)C)CC1. The predicted molar refractivity (Wildman–Crippen MR) is 115 cm³/mol. The number of hydrogen-bond donors (Lipinski definition) is 2. The minimum atomic E-state index is -0.429. The first kappa shape index (κ1) is 23.2. The highest BCUT2D eigenvalue weighted by molar-refractivity contribution is 5.88. The average molecular weight is 394 g/mol. The lowest BCUT2D eigenvalue weighted by Gasteiger charge is -2.35. The fourth-order valence-corrected chi connectivity index (χ4v) is 4.93. The molecule has 2 rings (SSSR count). The summed E-state index contributed by atoms with van der Waals surface area (Å²) in [5.74, 6) is 2.45. The highest BCUT2D eigenvalue weighted by Crippen LogP contribution is 2.28. The maximum Gasteiger partial charge on any atom is 0.242 e. The lowest BCUT2D eigenvalue weighted by Crippen LogP contribution is -2.51. The normalized spacial score (nSPS) is 30.1. The summed E-state index contributed by atoms with van der Waals surface area (Å²) in [5, 5.41) is 6.10. The van der Waals surface area contributed by atoms with Crippen molar-refractivity contribution in [3.05, 3.63) is 0 Å². The second kappa shape index (κ2) is 11.2. The minimum Gasteiger partial charge on any atom is -0.354 e. The monoisotopic (exact) mass is 393 g/mol. The highest BCUT2D eigenvalue weighted by Gasteiger charge is 2.29. The molecule has 5 nitrogen and oxygen atoms in total. The van der Waals surface area contributed by atoms with E-state index < -0.39 is 6.04 Å². The molecule has 0 aromatic rings. The predicted octanol–water partition coefficient (Wildman–Crippen LogP) is 3.44. The van der Waals surface area contributed by atoms with Gasteiger partial charge < -0.3 is 15.5 Å². The maximum absolute atomic E-state index is 12.7. The molecule has 0 aromatic carbocycles. The van der Waals surface area contributed by atoms with Crippen molar-refractivity contribution in [1.82, 2.24) is 15.5 Å². The van der Waals surface area contributed by atoms with Crippen LogP contribution in [0.1, 0.15) is 73.1 Å². The second-order valence-electron chi connectivity index (χ2n) is 10.0. The van der Waals surface area contributed by atoms with E-state index in [4.69, 9.17) is 0 Å². The van der Waals surface area contributed by atoms with E-state index in [2.05, 4.69) is 36.3 Å². The molecular formula is C23H43N3O2. The van der Waals surface area contributed by atoms with Crippen molar-refractivity contribution in [1.29, 1.82) is 0 Å². The van der Waals surface area contributed by atoms with Crippen molar-refractivity contribution in [2.75, 3.05) is 26.2 Å². The van der Waals surface area contributed by atoms with Crippen LogP contribution in [0.2, 0.25) is 0 Å². The van der Waals surface area contributed by atoms with Crippen LogP contribution in [0.25, 0.3) is 0 Å². The number of amides is 2. The molecule has 1 saturated carbocycles. The number of carbonyl (C=O) groups excluding carboxylic acids is 2. The van der Waals surface area contributed by atoms with Gasteiger partial charge in [0.2, 0.25) is 11.8 Å². The standard InChI is InChI=1S/C23H43N3O2/c1-16(2)21(25-22(27)20-9-7-17(3)8-10-20)23(28)24-11-6-12-26-14-18(4)13-19(5)15-26/h16-21H,6-15H2,1-5H3,(H,24,28)(H,25,27)/t17?,18-,19+,20?,21-/m0/s1. The first-order valence-corrected chi connectivity index (χ1v) is 11.6. The number of carbonyl (C=O) groups is 2. The van der Waals surface area contributed by atoms with Crippen LogP contribution in [0.5, 0.6) is 0 Å². The number of hydrogen-bond acceptors (Lipinski definition) is 3. The van der Waals surface area contributed by atoms with Crippen molar-refractivity contribution in [2.24, 2.45) is 29.6 Å². The maximum atomic E-state index is 12.7. The van der Waals surface area contributed by atoms with Crippen molar-refractivity contribution < 1.29 is 9.59 Å². The Morgan fingerprint density at radius 3 is 2.14 bits per heavy atom. The molecule has 1 aliphatic heterocycles. The average Bonchev–Trinajstić information content (AvgIpc) is 2.62. The van der Waals surface area contributed by atoms with E-state index in [1.54, 1.807) is 0 Å². The second-order valence-corrected chi connectivity index (χ2v) is 10.0. The van der Waals surface area contributed by atoms with Crippen LogP contribution in [0.15, 0.2) is 0 Å². The topological polar surface area (TPSA) is 61.4 Å². The van der Waals surface area contributed by atoms with Gasteiger partial charge in [-0.3, -0.25) is 9.59 Å². The van der Waals surface area contributed by atoms with Crippen LogP contribution in [0.3, 0.4) is 0 Å². The molecule has 2 amide bonds. The zero-order chi connectivity index (χ0) is 20.7. The summed E-state index contributed by atoms with van der Waals surface area (Å²) in [5.41, 5.74) is 0. The summed E-state index contributed by atoms with van der Waals surface area (Å²) in [6.45, 7) is 15.0. The van der Waals surface area contributed by atoms with Crippen LogP contribution in [0, 0.1) is 29.6 Å². The molecule has 2 N–H and O–H groups in total. The van der Waals surface area contributed by atoms with E-state index in [1.807, 2.05) is 13.8 Å². The summed E-state index contributed by atoms with van der Waals surface area (Å²) in [4.78, 5) is 27.8. The zero-order valence-electron chi connectivity index (χ0n) is 18.8. The van der Waals surface area contributed by atoms with Crippen molar-refractivity contribution >= 4 is 11.8 Å². The lowest BCUT2D eigenvalue weighted by atomic mass is 9.82. The number of likely N-dealkylation sites (tertiary alicyclic amines) is 1. The van der Waals surface area contributed by atoms with Gasteiger partial charge in [0.05, 0.1) is 0 Å². The molecule has 2 fully saturated rings. The first-order chi connectivity index (χ1) is 13.3.